The Balaban J connectivity index is 1.66. The molecule has 30 heavy (non-hydrogen) atoms. The predicted molar refractivity (Wildman–Crippen MR) is 121 cm³/mol. The Kier molecular flexibility index (Phi) is 7.51. The minimum absolute atomic E-state index is 0.226. The van der Waals surface area contributed by atoms with Gasteiger partial charge >= 0.3 is 5.97 Å². The molecule has 0 saturated carbocycles. The van der Waals surface area contributed by atoms with Crippen LogP contribution in [0.2, 0.25) is 0 Å². The third-order valence-corrected chi connectivity index (χ3v) is 5.99. The van der Waals surface area contributed by atoms with Crippen molar-refractivity contribution in [3.05, 3.63) is 67.6 Å². The summed E-state index contributed by atoms with van der Waals surface area (Å²) >= 11 is 3.06. The van der Waals surface area contributed by atoms with Crippen LogP contribution in [-0.2, 0) is 16.1 Å². The SMILES string of the molecule is COCCN1C(=O)S/C(=C/c2ccc(OCc3ccc(C(=O)O)cc3)c(I)c2)C1=O. The second kappa shape index (κ2) is 10.1. The summed E-state index contributed by atoms with van der Waals surface area (Å²) in [6.07, 6.45) is 1.69. The topological polar surface area (TPSA) is 93.1 Å². The lowest BCUT2D eigenvalue weighted by molar-refractivity contribution is -0.123. The van der Waals surface area contributed by atoms with E-state index in [1.165, 1.54) is 24.1 Å². The fourth-order valence-corrected chi connectivity index (χ4v) is 4.22. The molecule has 0 bridgehead atoms. The van der Waals surface area contributed by atoms with Gasteiger partial charge in [0.2, 0.25) is 0 Å². The van der Waals surface area contributed by atoms with Crippen LogP contribution in [0.4, 0.5) is 4.79 Å². The number of halogens is 1. The van der Waals surface area contributed by atoms with Gasteiger partial charge in [-0.2, -0.15) is 0 Å². The van der Waals surface area contributed by atoms with Crippen LogP contribution in [0.25, 0.3) is 6.08 Å². The Bertz CT molecular complexity index is 1010. The molecule has 0 aliphatic carbocycles. The van der Waals surface area contributed by atoms with E-state index in [0.29, 0.717) is 23.9 Å². The zero-order valence-electron chi connectivity index (χ0n) is 16.0. The van der Waals surface area contributed by atoms with Gasteiger partial charge in [-0.15, -0.1) is 0 Å². The van der Waals surface area contributed by atoms with Gasteiger partial charge < -0.3 is 14.6 Å². The Morgan fingerprint density at radius 2 is 1.93 bits per heavy atom. The number of hydrogen-bond donors (Lipinski definition) is 1. The van der Waals surface area contributed by atoms with Gasteiger partial charge in [0.25, 0.3) is 11.1 Å². The largest absolute Gasteiger partial charge is 0.488 e. The number of aromatic carboxylic acids is 1. The number of carboxylic acids is 1. The highest BCUT2D eigenvalue weighted by atomic mass is 127. The molecule has 0 spiro atoms. The number of rotatable bonds is 8. The minimum atomic E-state index is -0.968. The summed E-state index contributed by atoms with van der Waals surface area (Å²) in [5.41, 5.74) is 1.86. The van der Waals surface area contributed by atoms with Crippen molar-refractivity contribution in [1.29, 1.82) is 0 Å². The Labute approximate surface area is 191 Å². The summed E-state index contributed by atoms with van der Waals surface area (Å²) < 4.78 is 11.6. The normalized spacial score (nSPS) is 15.1. The molecule has 156 valence electrons. The maximum atomic E-state index is 12.4. The molecule has 2 aromatic rings. The average Bonchev–Trinajstić information content (AvgIpc) is 2.98. The summed E-state index contributed by atoms with van der Waals surface area (Å²) in [6.45, 7) is 0.832. The van der Waals surface area contributed by atoms with E-state index in [1.54, 1.807) is 24.3 Å². The number of carbonyl (C=O) groups excluding carboxylic acids is 2. The lowest BCUT2D eigenvalue weighted by Gasteiger charge is -2.11. The van der Waals surface area contributed by atoms with Gasteiger partial charge in [0.15, 0.2) is 0 Å². The lowest BCUT2D eigenvalue weighted by atomic mass is 10.1. The van der Waals surface area contributed by atoms with Crippen molar-refractivity contribution in [2.75, 3.05) is 20.3 Å². The highest BCUT2D eigenvalue weighted by molar-refractivity contribution is 14.1. The molecule has 3 rings (SSSR count). The van der Waals surface area contributed by atoms with Crippen LogP contribution in [0.5, 0.6) is 5.75 Å². The third kappa shape index (κ3) is 5.41. The standard InChI is InChI=1S/C21H18INO6S/c1-28-9-8-23-19(24)18(30-21(23)27)11-14-4-7-17(16(22)10-14)29-12-13-2-5-15(6-3-13)20(25)26/h2-7,10-11H,8-9,12H2,1H3,(H,25,26)/b18-11+. The molecule has 1 aliphatic rings. The first-order valence-electron chi connectivity index (χ1n) is 8.88. The van der Waals surface area contributed by atoms with Crippen LogP contribution >= 0.6 is 34.4 Å². The van der Waals surface area contributed by atoms with E-state index in [9.17, 15) is 14.4 Å². The van der Waals surface area contributed by atoms with Crippen molar-refractivity contribution in [2.24, 2.45) is 0 Å². The quantitative estimate of drug-likeness (QED) is 0.396. The number of nitrogens with zero attached hydrogens (tertiary/aromatic N) is 1. The molecule has 0 unspecified atom stereocenters. The number of methoxy groups -OCH3 is 1. The van der Waals surface area contributed by atoms with Gasteiger partial charge in [0.05, 0.1) is 27.2 Å². The van der Waals surface area contributed by atoms with Gasteiger partial charge in [-0.25, -0.2) is 4.79 Å². The summed E-state index contributed by atoms with van der Waals surface area (Å²) in [5.74, 6) is -0.616. The van der Waals surface area contributed by atoms with E-state index >= 15 is 0 Å². The highest BCUT2D eigenvalue weighted by Crippen LogP contribution is 2.33. The summed E-state index contributed by atoms with van der Waals surface area (Å²) in [7, 11) is 1.52. The summed E-state index contributed by atoms with van der Waals surface area (Å²) in [4.78, 5) is 36.9. The van der Waals surface area contributed by atoms with Crippen LogP contribution in [0.15, 0.2) is 47.4 Å². The van der Waals surface area contributed by atoms with Crippen LogP contribution in [-0.4, -0.2) is 47.4 Å². The maximum Gasteiger partial charge on any atom is 0.335 e. The fourth-order valence-electron chi connectivity index (χ4n) is 2.66. The van der Waals surface area contributed by atoms with Gasteiger partial charge in [0.1, 0.15) is 12.4 Å². The number of ether oxygens (including phenoxy) is 2. The van der Waals surface area contributed by atoms with Gasteiger partial charge in [0, 0.05) is 7.11 Å². The molecule has 1 saturated heterocycles. The number of benzene rings is 2. The van der Waals surface area contributed by atoms with E-state index in [4.69, 9.17) is 14.6 Å². The summed E-state index contributed by atoms with van der Waals surface area (Å²) in [6, 6.07) is 12.0. The van der Waals surface area contributed by atoms with Crippen LogP contribution < -0.4 is 4.74 Å². The van der Waals surface area contributed by atoms with Crippen LogP contribution in [0.1, 0.15) is 21.5 Å². The molecule has 0 aromatic heterocycles. The van der Waals surface area contributed by atoms with Crippen molar-refractivity contribution in [1.82, 2.24) is 4.90 Å². The summed E-state index contributed by atoms with van der Waals surface area (Å²) in [5, 5.41) is 8.65. The van der Waals surface area contributed by atoms with Crippen molar-refractivity contribution < 1.29 is 29.0 Å². The first kappa shape index (κ1) is 22.3. The van der Waals surface area contributed by atoms with E-state index in [1.807, 2.05) is 12.1 Å². The first-order valence-corrected chi connectivity index (χ1v) is 10.8. The Morgan fingerprint density at radius 1 is 1.20 bits per heavy atom. The number of hydrogen-bond acceptors (Lipinski definition) is 6. The van der Waals surface area contributed by atoms with E-state index in [-0.39, 0.29) is 23.3 Å². The van der Waals surface area contributed by atoms with E-state index in [0.717, 1.165) is 26.5 Å². The monoisotopic (exact) mass is 539 g/mol. The molecule has 1 aliphatic heterocycles. The number of thioether (sulfide) groups is 1. The molecule has 0 radical (unpaired) electrons. The average molecular weight is 539 g/mol. The number of carboxylic acid groups (broad SMARTS) is 1. The smallest absolute Gasteiger partial charge is 0.335 e. The molecule has 2 aromatic carbocycles. The van der Waals surface area contributed by atoms with Gasteiger partial charge in [-0.1, -0.05) is 18.2 Å². The lowest BCUT2D eigenvalue weighted by Crippen LogP contribution is -2.31. The van der Waals surface area contributed by atoms with Crippen LogP contribution in [0, 0.1) is 3.57 Å². The predicted octanol–water partition coefficient (Wildman–Crippen LogP) is 4.25. The van der Waals surface area contributed by atoms with Crippen molar-refractivity contribution >= 4 is 57.5 Å². The van der Waals surface area contributed by atoms with E-state index in [2.05, 4.69) is 22.6 Å². The molecule has 1 N–H and O–H groups in total. The fraction of sp³-hybridized carbons (Fsp3) is 0.190. The first-order chi connectivity index (χ1) is 14.4. The molecular formula is C21H18INO6S. The highest BCUT2D eigenvalue weighted by Gasteiger charge is 2.34. The Morgan fingerprint density at radius 3 is 2.57 bits per heavy atom. The molecule has 1 heterocycles. The zero-order chi connectivity index (χ0) is 21.7. The Hall–Kier alpha value is -2.37. The molecule has 2 amide bonds. The second-order valence-electron chi connectivity index (χ2n) is 6.31. The van der Waals surface area contributed by atoms with E-state index < -0.39 is 5.97 Å². The van der Waals surface area contributed by atoms with Crippen molar-refractivity contribution in [2.45, 2.75) is 6.61 Å². The molecule has 9 heteroatoms. The molecule has 0 atom stereocenters. The maximum absolute atomic E-state index is 12.4. The third-order valence-electron chi connectivity index (χ3n) is 4.24. The number of carbonyl (C=O) groups is 3. The van der Waals surface area contributed by atoms with Crippen LogP contribution in [0.3, 0.4) is 0 Å². The second-order valence-corrected chi connectivity index (χ2v) is 8.46. The zero-order valence-corrected chi connectivity index (χ0v) is 18.9. The molecular weight excluding hydrogens is 521 g/mol. The van der Waals surface area contributed by atoms with Crippen molar-refractivity contribution in [3.8, 4) is 5.75 Å². The van der Waals surface area contributed by atoms with Gasteiger partial charge in [-0.3, -0.25) is 14.5 Å². The number of imide groups is 1. The minimum Gasteiger partial charge on any atom is -0.488 e. The molecule has 1 fully saturated rings. The molecule has 7 nitrogen and oxygen atoms in total. The van der Waals surface area contributed by atoms with Gasteiger partial charge in [-0.05, 0) is 75.8 Å². The van der Waals surface area contributed by atoms with Crippen molar-refractivity contribution in [3.63, 3.8) is 0 Å². The number of amides is 2.